The van der Waals surface area contributed by atoms with Gasteiger partial charge in [0.1, 0.15) is 11.6 Å². The highest BCUT2D eigenvalue weighted by molar-refractivity contribution is 7.90. The van der Waals surface area contributed by atoms with Crippen LogP contribution >= 0.6 is 0 Å². The van der Waals surface area contributed by atoms with Crippen molar-refractivity contribution in [2.24, 2.45) is 5.92 Å². The number of nitrogens with zero attached hydrogens (tertiary/aromatic N) is 4. The molecule has 0 saturated carbocycles. The summed E-state index contributed by atoms with van der Waals surface area (Å²) < 4.78 is 33.8. The van der Waals surface area contributed by atoms with E-state index in [1.807, 2.05) is 12.1 Å². The molecule has 240 valence electrons. The smallest absolute Gasteiger partial charge is 0.407 e. The molecule has 0 aromatic carbocycles. The fourth-order valence-electron chi connectivity index (χ4n) is 5.94. The standard InChI is InChI=1S/C32H41N7O5S/c1-31(2,3)25-15-12-22-28(36-25)39-19-20(16-32(39,4)5)10-14-24(23-13-11-21(17-33-23)18-34-30(41)44-6)35-26-8-7-9-27(37-26)45(42,43)38-29(22)40/h7-9,11-13,15,17,20,24H,10,14,16,18-19H2,1-6H3,(H,34,41)(H,35,37)(H,38,40)/t20-,24?/m0/s1. The lowest BCUT2D eigenvalue weighted by atomic mass is 9.90. The maximum atomic E-state index is 13.6. The summed E-state index contributed by atoms with van der Waals surface area (Å²) in [5, 5.41) is 5.75. The van der Waals surface area contributed by atoms with Crippen molar-refractivity contribution in [3.63, 3.8) is 0 Å². The maximum Gasteiger partial charge on any atom is 0.407 e. The molecule has 4 bridgehead atoms. The maximum absolute atomic E-state index is 13.6. The molecule has 0 spiro atoms. The van der Waals surface area contributed by atoms with Crippen molar-refractivity contribution in [3.05, 3.63) is 71.2 Å². The van der Waals surface area contributed by atoms with Crippen LogP contribution in [0.3, 0.4) is 0 Å². The number of nitrogens with one attached hydrogen (secondary N) is 3. The number of ether oxygens (including phenoxy) is 1. The number of sulfonamides is 1. The Kier molecular flexibility index (Phi) is 8.76. The average molecular weight is 636 g/mol. The molecule has 3 aromatic rings. The van der Waals surface area contributed by atoms with Crippen LogP contribution in [0.25, 0.3) is 0 Å². The van der Waals surface area contributed by atoms with Crippen molar-refractivity contribution < 1.29 is 22.7 Å². The van der Waals surface area contributed by atoms with Gasteiger partial charge in [0.2, 0.25) is 0 Å². The van der Waals surface area contributed by atoms with E-state index in [0.717, 1.165) is 29.8 Å². The predicted octanol–water partition coefficient (Wildman–Crippen LogP) is 4.70. The van der Waals surface area contributed by atoms with E-state index in [4.69, 9.17) is 4.98 Å². The number of fused-ring (bicyclic) bond motifs is 6. The van der Waals surface area contributed by atoms with Gasteiger partial charge >= 0.3 is 6.09 Å². The van der Waals surface area contributed by atoms with Gasteiger partial charge in [-0.15, -0.1) is 0 Å². The first-order chi connectivity index (χ1) is 21.2. The number of anilines is 2. The summed E-state index contributed by atoms with van der Waals surface area (Å²) in [7, 11) is -3.00. The van der Waals surface area contributed by atoms with Crippen LogP contribution < -0.4 is 20.3 Å². The molecule has 3 N–H and O–H groups in total. The highest BCUT2D eigenvalue weighted by Gasteiger charge is 2.41. The SMILES string of the molecule is COC(=O)NCc1ccc(C2CC[C@@H]3CN(c4nc(C(C)(C)C)ccc4C(=O)NS(=O)(=O)c4cccc(n4)N2)C(C)(C)C3)nc1. The number of carbonyl (C=O) groups excluding carboxylic acids is 2. The largest absolute Gasteiger partial charge is 0.453 e. The molecule has 2 atom stereocenters. The number of pyridine rings is 3. The number of rotatable bonds is 3. The van der Waals surface area contributed by atoms with Gasteiger partial charge in [-0.2, -0.15) is 8.42 Å². The molecule has 1 saturated heterocycles. The third kappa shape index (κ3) is 7.19. The van der Waals surface area contributed by atoms with E-state index in [1.165, 1.54) is 13.2 Å². The minimum atomic E-state index is -4.31. The predicted molar refractivity (Wildman–Crippen MR) is 170 cm³/mol. The minimum Gasteiger partial charge on any atom is -0.453 e. The zero-order valence-corrected chi connectivity index (χ0v) is 27.4. The molecule has 13 heteroatoms. The molecule has 2 aliphatic rings. The normalized spacial score (nSPS) is 20.9. The van der Waals surface area contributed by atoms with Gasteiger partial charge in [-0.05, 0) is 74.9 Å². The fraction of sp³-hybridized carbons (Fsp3) is 0.469. The number of amides is 2. The number of aromatic nitrogens is 3. The van der Waals surface area contributed by atoms with Gasteiger partial charge in [0.05, 0.1) is 24.4 Å². The van der Waals surface area contributed by atoms with Crippen LogP contribution in [0.4, 0.5) is 16.4 Å². The van der Waals surface area contributed by atoms with Crippen molar-refractivity contribution in [2.75, 3.05) is 23.9 Å². The van der Waals surface area contributed by atoms with E-state index in [1.54, 1.807) is 30.5 Å². The highest BCUT2D eigenvalue weighted by Crippen LogP contribution is 2.41. The quantitative estimate of drug-likeness (QED) is 0.369. The molecule has 3 aromatic heterocycles. The highest BCUT2D eigenvalue weighted by atomic mass is 32.2. The van der Waals surface area contributed by atoms with Gasteiger partial charge < -0.3 is 20.3 Å². The Morgan fingerprint density at radius 2 is 1.89 bits per heavy atom. The van der Waals surface area contributed by atoms with Gasteiger partial charge in [-0.25, -0.2) is 19.5 Å². The molecule has 2 amide bonds. The third-order valence-corrected chi connectivity index (χ3v) is 9.57. The van der Waals surface area contributed by atoms with Crippen LogP contribution in [0, 0.1) is 5.92 Å². The molecule has 0 radical (unpaired) electrons. The summed E-state index contributed by atoms with van der Waals surface area (Å²) in [6.07, 6.45) is 3.56. The van der Waals surface area contributed by atoms with Crippen LogP contribution in [0.5, 0.6) is 0 Å². The monoisotopic (exact) mass is 635 g/mol. The van der Waals surface area contributed by atoms with Crippen molar-refractivity contribution in [1.29, 1.82) is 0 Å². The van der Waals surface area contributed by atoms with Crippen LogP contribution in [-0.2, 0) is 26.7 Å². The zero-order chi connectivity index (χ0) is 32.6. The topological polar surface area (TPSA) is 156 Å². The molecule has 45 heavy (non-hydrogen) atoms. The molecule has 12 nitrogen and oxygen atoms in total. The first kappa shape index (κ1) is 32.1. The zero-order valence-electron chi connectivity index (χ0n) is 26.5. The van der Waals surface area contributed by atoms with E-state index < -0.39 is 22.0 Å². The van der Waals surface area contributed by atoms with Crippen LogP contribution in [0.15, 0.2) is 53.7 Å². The number of hydrogen-bond acceptors (Lipinski definition) is 10. The van der Waals surface area contributed by atoms with Gasteiger partial charge in [0.15, 0.2) is 5.03 Å². The molecular formula is C32H41N7O5S. The first-order valence-corrected chi connectivity index (χ1v) is 16.5. The number of hydrogen-bond donors (Lipinski definition) is 3. The van der Waals surface area contributed by atoms with Crippen molar-refractivity contribution in [3.8, 4) is 0 Å². The summed E-state index contributed by atoms with van der Waals surface area (Å²) >= 11 is 0. The van der Waals surface area contributed by atoms with Gasteiger partial charge in [0, 0.05) is 35.9 Å². The van der Waals surface area contributed by atoms with E-state index in [0.29, 0.717) is 24.6 Å². The van der Waals surface area contributed by atoms with Crippen LogP contribution in [0.1, 0.15) is 87.2 Å². The average Bonchev–Trinajstić information content (AvgIpc) is 3.30. The summed E-state index contributed by atoms with van der Waals surface area (Å²) in [6, 6.07) is 11.6. The second-order valence-electron chi connectivity index (χ2n) is 13.3. The number of alkyl carbamates (subject to hydrolysis) is 1. The van der Waals surface area contributed by atoms with E-state index >= 15 is 0 Å². The Morgan fingerprint density at radius 1 is 1.11 bits per heavy atom. The number of methoxy groups -OCH3 is 1. The van der Waals surface area contributed by atoms with Gasteiger partial charge in [0.25, 0.3) is 15.9 Å². The lowest BCUT2D eigenvalue weighted by Gasteiger charge is -2.34. The minimum absolute atomic E-state index is 0.202. The van der Waals surface area contributed by atoms with E-state index in [9.17, 15) is 18.0 Å². The Hall–Kier alpha value is -4.26. The van der Waals surface area contributed by atoms with Crippen LogP contribution in [0.2, 0.25) is 0 Å². The summed E-state index contributed by atoms with van der Waals surface area (Å²) in [4.78, 5) is 41.3. The molecule has 2 aliphatic heterocycles. The van der Waals surface area contributed by atoms with E-state index in [-0.39, 0.29) is 40.0 Å². The Balaban J connectivity index is 1.54. The molecule has 0 aliphatic carbocycles. The second-order valence-corrected chi connectivity index (χ2v) is 14.9. The fourth-order valence-corrected chi connectivity index (χ4v) is 6.88. The molecule has 5 heterocycles. The Morgan fingerprint density at radius 3 is 2.58 bits per heavy atom. The second kappa shape index (κ2) is 12.3. The van der Waals surface area contributed by atoms with Crippen molar-refractivity contribution >= 4 is 33.7 Å². The van der Waals surface area contributed by atoms with Crippen molar-refractivity contribution in [2.45, 2.75) is 82.4 Å². The molecular weight excluding hydrogens is 594 g/mol. The first-order valence-electron chi connectivity index (χ1n) is 15.0. The van der Waals surface area contributed by atoms with Gasteiger partial charge in [-0.3, -0.25) is 9.78 Å². The number of carbonyl (C=O) groups is 2. The molecule has 1 fully saturated rings. The van der Waals surface area contributed by atoms with Crippen molar-refractivity contribution in [1.82, 2.24) is 25.0 Å². The van der Waals surface area contributed by atoms with Crippen LogP contribution in [-0.4, -0.2) is 54.6 Å². The van der Waals surface area contributed by atoms with Gasteiger partial charge in [-0.1, -0.05) is 32.9 Å². The summed E-state index contributed by atoms with van der Waals surface area (Å²) in [6.45, 7) is 11.4. The van der Waals surface area contributed by atoms with E-state index in [2.05, 4.69) is 69.6 Å². The Labute approximate surface area is 264 Å². The summed E-state index contributed by atoms with van der Waals surface area (Å²) in [5.74, 6) is 0.341. The Bertz CT molecular complexity index is 1690. The molecule has 5 rings (SSSR count). The molecule has 1 unspecified atom stereocenters. The lowest BCUT2D eigenvalue weighted by Crippen LogP contribution is -2.41. The lowest BCUT2D eigenvalue weighted by molar-refractivity contribution is 0.0981. The summed E-state index contributed by atoms with van der Waals surface area (Å²) in [5.41, 5.74) is 1.95. The third-order valence-electron chi connectivity index (χ3n) is 8.34.